The van der Waals surface area contributed by atoms with Crippen LogP contribution in [0.2, 0.25) is 0 Å². The van der Waals surface area contributed by atoms with Crippen molar-refractivity contribution in [2.75, 3.05) is 6.61 Å². The summed E-state index contributed by atoms with van der Waals surface area (Å²) in [5, 5.41) is 17.7. The van der Waals surface area contributed by atoms with Crippen LogP contribution in [0.25, 0.3) is 0 Å². The highest BCUT2D eigenvalue weighted by molar-refractivity contribution is 5.90. The SMILES string of the molecule is CCOC(=O)c1ccc(OC(=O)O)c(O)c1. The predicted octanol–water partition coefficient (Wildman–Crippen LogP) is 1.63. The van der Waals surface area contributed by atoms with Crippen molar-refractivity contribution in [3.8, 4) is 11.5 Å². The molecule has 1 aromatic carbocycles. The van der Waals surface area contributed by atoms with Gasteiger partial charge in [0.25, 0.3) is 0 Å². The van der Waals surface area contributed by atoms with Gasteiger partial charge in [0, 0.05) is 0 Å². The van der Waals surface area contributed by atoms with Crippen LogP contribution in [0.15, 0.2) is 18.2 Å². The summed E-state index contributed by atoms with van der Waals surface area (Å²) in [4.78, 5) is 21.5. The first-order chi connectivity index (χ1) is 7.54. The van der Waals surface area contributed by atoms with Gasteiger partial charge >= 0.3 is 12.1 Å². The second-order valence-electron chi connectivity index (χ2n) is 2.77. The average molecular weight is 226 g/mol. The maximum atomic E-state index is 11.2. The van der Waals surface area contributed by atoms with Gasteiger partial charge in [-0.2, -0.15) is 0 Å². The van der Waals surface area contributed by atoms with Crippen LogP contribution in [0.3, 0.4) is 0 Å². The molecule has 0 aliphatic rings. The standard InChI is InChI=1S/C10H10O6/c1-2-15-9(12)6-3-4-8(7(11)5-6)16-10(13)14/h3-5,11H,2H2,1H3,(H,13,14). The number of carbonyl (C=O) groups is 2. The maximum Gasteiger partial charge on any atom is 0.511 e. The Morgan fingerprint density at radius 1 is 1.38 bits per heavy atom. The summed E-state index contributed by atoms with van der Waals surface area (Å²) in [6, 6.07) is 3.56. The van der Waals surface area contributed by atoms with E-state index < -0.39 is 17.9 Å². The van der Waals surface area contributed by atoms with Gasteiger partial charge in [-0.1, -0.05) is 0 Å². The average Bonchev–Trinajstić information content (AvgIpc) is 2.20. The summed E-state index contributed by atoms with van der Waals surface area (Å²) in [5.41, 5.74) is 0.122. The van der Waals surface area contributed by atoms with Crippen LogP contribution in [-0.4, -0.2) is 28.9 Å². The Morgan fingerprint density at radius 2 is 2.06 bits per heavy atom. The predicted molar refractivity (Wildman–Crippen MR) is 52.7 cm³/mol. The molecule has 16 heavy (non-hydrogen) atoms. The molecule has 6 heteroatoms. The largest absolute Gasteiger partial charge is 0.511 e. The summed E-state index contributed by atoms with van der Waals surface area (Å²) in [6.07, 6.45) is -1.54. The van der Waals surface area contributed by atoms with Gasteiger partial charge in [-0.25, -0.2) is 9.59 Å². The Kier molecular flexibility index (Phi) is 3.71. The Balaban J connectivity index is 2.90. The van der Waals surface area contributed by atoms with E-state index in [1.54, 1.807) is 6.92 Å². The van der Waals surface area contributed by atoms with E-state index in [9.17, 15) is 14.7 Å². The number of esters is 1. The van der Waals surface area contributed by atoms with Crippen LogP contribution in [0, 0.1) is 0 Å². The summed E-state index contributed by atoms with van der Waals surface area (Å²) in [5.74, 6) is -1.27. The minimum atomic E-state index is -1.54. The van der Waals surface area contributed by atoms with Gasteiger partial charge in [-0.15, -0.1) is 0 Å². The molecule has 6 nitrogen and oxygen atoms in total. The van der Waals surface area contributed by atoms with E-state index in [4.69, 9.17) is 9.84 Å². The van der Waals surface area contributed by atoms with Crippen molar-refractivity contribution in [1.29, 1.82) is 0 Å². The highest BCUT2D eigenvalue weighted by Crippen LogP contribution is 2.27. The molecule has 0 atom stereocenters. The molecule has 0 fully saturated rings. The van der Waals surface area contributed by atoms with Crippen LogP contribution >= 0.6 is 0 Å². The number of ether oxygens (including phenoxy) is 2. The van der Waals surface area contributed by atoms with Crippen LogP contribution < -0.4 is 4.74 Å². The van der Waals surface area contributed by atoms with Gasteiger partial charge in [0.05, 0.1) is 12.2 Å². The zero-order valence-electron chi connectivity index (χ0n) is 8.47. The molecule has 0 unspecified atom stereocenters. The number of hydrogen-bond donors (Lipinski definition) is 2. The minimum absolute atomic E-state index is 0.122. The number of benzene rings is 1. The van der Waals surface area contributed by atoms with Crippen LogP contribution in [-0.2, 0) is 4.74 Å². The quantitative estimate of drug-likeness (QED) is 0.601. The van der Waals surface area contributed by atoms with E-state index in [1.165, 1.54) is 12.1 Å². The first kappa shape index (κ1) is 11.8. The molecule has 0 aliphatic heterocycles. The van der Waals surface area contributed by atoms with Gasteiger partial charge in [-0.05, 0) is 25.1 Å². The van der Waals surface area contributed by atoms with E-state index in [-0.39, 0.29) is 17.9 Å². The molecular weight excluding hydrogens is 216 g/mol. The van der Waals surface area contributed by atoms with Crippen molar-refractivity contribution in [2.24, 2.45) is 0 Å². The van der Waals surface area contributed by atoms with E-state index in [0.29, 0.717) is 0 Å². The van der Waals surface area contributed by atoms with Crippen molar-refractivity contribution in [1.82, 2.24) is 0 Å². The number of phenols is 1. The Labute approximate surface area is 91.0 Å². The Morgan fingerprint density at radius 3 is 2.56 bits per heavy atom. The molecule has 0 saturated heterocycles. The summed E-state index contributed by atoms with van der Waals surface area (Å²) in [7, 11) is 0. The fourth-order valence-corrected chi connectivity index (χ4v) is 1.04. The van der Waals surface area contributed by atoms with Crippen molar-refractivity contribution in [2.45, 2.75) is 6.92 Å². The second kappa shape index (κ2) is 5.01. The molecule has 2 N–H and O–H groups in total. The molecule has 0 spiro atoms. The van der Waals surface area contributed by atoms with Crippen LogP contribution in [0.5, 0.6) is 11.5 Å². The van der Waals surface area contributed by atoms with Crippen molar-refractivity contribution in [3.63, 3.8) is 0 Å². The lowest BCUT2D eigenvalue weighted by atomic mass is 10.2. The highest BCUT2D eigenvalue weighted by Gasteiger charge is 2.12. The zero-order valence-corrected chi connectivity index (χ0v) is 8.47. The van der Waals surface area contributed by atoms with Crippen molar-refractivity contribution >= 4 is 12.1 Å². The zero-order chi connectivity index (χ0) is 12.1. The first-order valence-corrected chi connectivity index (χ1v) is 4.45. The number of hydrogen-bond acceptors (Lipinski definition) is 5. The number of rotatable bonds is 3. The smallest absolute Gasteiger partial charge is 0.504 e. The highest BCUT2D eigenvalue weighted by atomic mass is 16.7. The third kappa shape index (κ3) is 2.88. The molecule has 0 bridgehead atoms. The maximum absolute atomic E-state index is 11.2. The monoisotopic (exact) mass is 226 g/mol. The molecule has 0 saturated carbocycles. The summed E-state index contributed by atoms with van der Waals surface area (Å²) >= 11 is 0. The fourth-order valence-electron chi connectivity index (χ4n) is 1.04. The fraction of sp³-hybridized carbons (Fsp3) is 0.200. The summed E-state index contributed by atoms with van der Waals surface area (Å²) in [6.45, 7) is 1.87. The van der Waals surface area contributed by atoms with Gasteiger partial charge in [0.1, 0.15) is 0 Å². The number of carboxylic acid groups (broad SMARTS) is 1. The molecule has 86 valence electrons. The molecular formula is C10H10O6. The lowest BCUT2D eigenvalue weighted by molar-refractivity contribution is 0.0526. The lowest BCUT2D eigenvalue weighted by Crippen LogP contribution is -2.06. The van der Waals surface area contributed by atoms with E-state index >= 15 is 0 Å². The third-order valence-corrected chi connectivity index (χ3v) is 1.67. The molecule has 0 aliphatic carbocycles. The third-order valence-electron chi connectivity index (χ3n) is 1.67. The number of aromatic hydroxyl groups is 1. The van der Waals surface area contributed by atoms with Gasteiger partial charge in [0.15, 0.2) is 11.5 Å². The molecule has 1 rings (SSSR count). The van der Waals surface area contributed by atoms with Crippen molar-refractivity contribution in [3.05, 3.63) is 23.8 Å². The van der Waals surface area contributed by atoms with E-state index in [1.807, 2.05) is 0 Å². The van der Waals surface area contributed by atoms with Crippen LogP contribution in [0.4, 0.5) is 4.79 Å². The molecule has 0 radical (unpaired) electrons. The van der Waals surface area contributed by atoms with Gasteiger partial charge in [-0.3, -0.25) is 0 Å². The molecule has 0 amide bonds. The minimum Gasteiger partial charge on any atom is -0.504 e. The lowest BCUT2D eigenvalue weighted by Gasteiger charge is -2.05. The van der Waals surface area contributed by atoms with Gasteiger partial charge < -0.3 is 19.7 Å². The van der Waals surface area contributed by atoms with Crippen LogP contribution in [0.1, 0.15) is 17.3 Å². The number of carbonyl (C=O) groups excluding carboxylic acids is 1. The van der Waals surface area contributed by atoms with Crippen molar-refractivity contribution < 1.29 is 29.3 Å². The second-order valence-corrected chi connectivity index (χ2v) is 2.77. The Bertz CT molecular complexity index is 412. The molecule has 0 heterocycles. The van der Waals surface area contributed by atoms with E-state index in [0.717, 1.165) is 6.07 Å². The number of phenolic OH excluding ortho intramolecular Hbond substituents is 1. The van der Waals surface area contributed by atoms with E-state index in [2.05, 4.69) is 4.74 Å². The Hall–Kier alpha value is -2.24. The first-order valence-electron chi connectivity index (χ1n) is 4.45. The topological polar surface area (TPSA) is 93.1 Å². The summed E-state index contributed by atoms with van der Waals surface area (Å²) < 4.78 is 8.95. The molecule has 0 aromatic heterocycles. The molecule has 1 aromatic rings. The normalized spacial score (nSPS) is 9.56. The van der Waals surface area contributed by atoms with Gasteiger partial charge in [0.2, 0.25) is 0 Å².